The minimum Gasteiger partial charge on any atom is -0.368 e. The van der Waals surface area contributed by atoms with Crippen molar-refractivity contribution >= 4 is 5.95 Å². The summed E-state index contributed by atoms with van der Waals surface area (Å²) in [5.41, 5.74) is 9.32. The van der Waals surface area contributed by atoms with Gasteiger partial charge in [0.05, 0.1) is 23.7 Å². The van der Waals surface area contributed by atoms with Crippen molar-refractivity contribution in [2.24, 2.45) is 5.92 Å². The summed E-state index contributed by atoms with van der Waals surface area (Å²) < 4.78 is 7.71. The van der Waals surface area contributed by atoms with Gasteiger partial charge < -0.3 is 15.2 Å². The summed E-state index contributed by atoms with van der Waals surface area (Å²) in [5, 5.41) is 8.96. The van der Waals surface area contributed by atoms with Crippen LogP contribution in [0.2, 0.25) is 0 Å². The van der Waals surface area contributed by atoms with Gasteiger partial charge in [-0.2, -0.15) is 10.1 Å². The van der Waals surface area contributed by atoms with E-state index in [-0.39, 0.29) is 11.4 Å². The first-order valence-electron chi connectivity index (χ1n) is 12.4. The maximum atomic E-state index is 5.74. The summed E-state index contributed by atoms with van der Waals surface area (Å²) in [4.78, 5) is 15.5. The van der Waals surface area contributed by atoms with Crippen LogP contribution in [0.25, 0.3) is 22.6 Å². The van der Waals surface area contributed by atoms with E-state index in [2.05, 4.69) is 56.3 Å². The Morgan fingerprint density at radius 1 is 0.971 bits per heavy atom. The normalized spacial score (nSPS) is 18.1. The first-order valence-corrected chi connectivity index (χ1v) is 12.4. The number of nitrogen functional groups attached to an aromatic ring is 1. The van der Waals surface area contributed by atoms with Crippen molar-refractivity contribution in [2.75, 3.05) is 25.4 Å². The lowest BCUT2D eigenvalue weighted by atomic mass is 9.77. The van der Waals surface area contributed by atoms with Gasteiger partial charge in [-0.3, -0.25) is 4.68 Å². The van der Waals surface area contributed by atoms with Crippen LogP contribution < -0.4 is 5.73 Å². The fourth-order valence-electron chi connectivity index (χ4n) is 5.10. The zero-order valence-electron chi connectivity index (χ0n) is 20.0. The average Bonchev–Trinajstić information content (AvgIpc) is 3.27. The maximum absolute atomic E-state index is 5.74. The number of rotatable bonds is 8. The van der Waals surface area contributed by atoms with Crippen molar-refractivity contribution in [1.29, 1.82) is 0 Å². The van der Waals surface area contributed by atoms with Crippen molar-refractivity contribution < 1.29 is 4.52 Å². The highest BCUT2D eigenvalue weighted by atomic mass is 16.5. The summed E-state index contributed by atoms with van der Waals surface area (Å²) >= 11 is 0. The standard InChI is InChI=1S/C26H30N8O/c1-26(22-8-9-22,21-6-4-18(5-7-21)19-14-28-25(27)29-15-19)24-31-23(35-32-24)20-16-30-34(17-20)13-12-33-10-2-3-11-33/h4-7,14-17,22H,2-3,8-13H2,1H3,(H2,27,28,29). The second-order valence-electron chi connectivity index (χ2n) is 9.85. The molecule has 2 N–H and O–H groups in total. The van der Waals surface area contributed by atoms with Gasteiger partial charge >= 0.3 is 0 Å². The van der Waals surface area contributed by atoms with Crippen LogP contribution in [0.3, 0.4) is 0 Å². The van der Waals surface area contributed by atoms with E-state index in [1.54, 1.807) is 12.4 Å². The Bertz CT molecular complexity index is 1290. The van der Waals surface area contributed by atoms with E-state index in [0.717, 1.165) is 48.4 Å². The quantitative estimate of drug-likeness (QED) is 0.414. The smallest absolute Gasteiger partial charge is 0.261 e. The molecule has 2 aliphatic rings. The van der Waals surface area contributed by atoms with Crippen LogP contribution in [0.15, 0.2) is 53.6 Å². The molecule has 6 rings (SSSR count). The molecule has 35 heavy (non-hydrogen) atoms. The molecule has 0 radical (unpaired) electrons. The minimum atomic E-state index is -0.316. The number of hydrogen-bond donors (Lipinski definition) is 1. The molecule has 3 aromatic heterocycles. The van der Waals surface area contributed by atoms with Crippen LogP contribution in [0.1, 0.15) is 44.0 Å². The van der Waals surface area contributed by atoms with E-state index >= 15 is 0 Å². The Hall–Kier alpha value is -3.59. The predicted molar refractivity (Wildman–Crippen MR) is 132 cm³/mol. The third-order valence-electron chi connectivity index (χ3n) is 7.50. The van der Waals surface area contributed by atoms with Gasteiger partial charge in [0.25, 0.3) is 5.89 Å². The number of benzene rings is 1. The van der Waals surface area contributed by atoms with Gasteiger partial charge in [0.2, 0.25) is 5.95 Å². The molecule has 1 aliphatic heterocycles. The molecule has 4 aromatic rings. The number of hydrogen-bond acceptors (Lipinski definition) is 8. The van der Waals surface area contributed by atoms with Gasteiger partial charge in [0.15, 0.2) is 5.82 Å². The molecule has 1 saturated heterocycles. The molecule has 1 aromatic carbocycles. The van der Waals surface area contributed by atoms with E-state index < -0.39 is 0 Å². The van der Waals surface area contributed by atoms with E-state index in [4.69, 9.17) is 15.2 Å². The Kier molecular flexibility index (Phi) is 5.56. The maximum Gasteiger partial charge on any atom is 0.261 e. The van der Waals surface area contributed by atoms with E-state index in [1.807, 2.05) is 17.1 Å². The molecule has 0 amide bonds. The van der Waals surface area contributed by atoms with Crippen molar-refractivity contribution in [3.05, 3.63) is 60.4 Å². The summed E-state index contributed by atoms with van der Waals surface area (Å²) in [6, 6.07) is 8.49. The third-order valence-corrected chi connectivity index (χ3v) is 7.50. The molecule has 1 unspecified atom stereocenters. The van der Waals surface area contributed by atoms with Crippen molar-refractivity contribution in [3.8, 4) is 22.6 Å². The highest BCUT2D eigenvalue weighted by molar-refractivity contribution is 5.63. The average molecular weight is 471 g/mol. The summed E-state index contributed by atoms with van der Waals surface area (Å²) in [6.45, 7) is 6.49. The van der Waals surface area contributed by atoms with Crippen LogP contribution >= 0.6 is 0 Å². The predicted octanol–water partition coefficient (Wildman–Crippen LogP) is 3.78. The zero-order valence-corrected chi connectivity index (χ0v) is 20.0. The van der Waals surface area contributed by atoms with Crippen LogP contribution in [0, 0.1) is 5.92 Å². The van der Waals surface area contributed by atoms with Crippen LogP contribution in [0.5, 0.6) is 0 Å². The zero-order chi connectivity index (χ0) is 23.8. The van der Waals surface area contributed by atoms with E-state index in [1.165, 1.54) is 31.5 Å². The SMILES string of the molecule is CC(c1ccc(-c2cnc(N)nc2)cc1)(c1noc(-c2cnn(CCN3CCCC3)c2)n1)C1CC1. The van der Waals surface area contributed by atoms with Crippen LogP contribution in [-0.4, -0.2) is 54.4 Å². The van der Waals surface area contributed by atoms with Gasteiger partial charge in [0, 0.05) is 30.7 Å². The lowest BCUT2D eigenvalue weighted by Crippen LogP contribution is -2.28. The van der Waals surface area contributed by atoms with Crippen molar-refractivity contribution in [3.63, 3.8) is 0 Å². The molecule has 180 valence electrons. The number of likely N-dealkylation sites (tertiary alicyclic amines) is 1. The van der Waals surface area contributed by atoms with Gasteiger partial charge in [-0.05, 0) is 62.7 Å². The summed E-state index contributed by atoms with van der Waals surface area (Å²) in [6.07, 6.45) is 12.2. The highest BCUT2D eigenvalue weighted by Gasteiger charge is 2.47. The molecule has 1 aliphatic carbocycles. The van der Waals surface area contributed by atoms with Gasteiger partial charge in [0.1, 0.15) is 0 Å². The molecule has 9 nitrogen and oxygen atoms in total. The van der Waals surface area contributed by atoms with Gasteiger partial charge in [-0.1, -0.05) is 29.4 Å². The molecule has 2 fully saturated rings. The Morgan fingerprint density at radius 3 is 2.43 bits per heavy atom. The lowest BCUT2D eigenvalue weighted by Gasteiger charge is -2.27. The largest absolute Gasteiger partial charge is 0.368 e. The third kappa shape index (κ3) is 4.32. The molecule has 0 spiro atoms. The molecule has 1 saturated carbocycles. The highest BCUT2D eigenvalue weighted by Crippen LogP contribution is 2.50. The molecular weight excluding hydrogens is 440 g/mol. The fourth-order valence-corrected chi connectivity index (χ4v) is 5.10. The Labute approximate surface area is 204 Å². The van der Waals surface area contributed by atoms with Gasteiger partial charge in [-0.25, -0.2) is 9.97 Å². The number of nitrogens with zero attached hydrogens (tertiary/aromatic N) is 7. The molecular formula is C26H30N8O. The number of aromatic nitrogens is 6. The van der Waals surface area contributed by atoms with Gasteiger partial charge in [-0.15, -0.1) is 0 Å². The molecule has 9 heteroatoms. The number of nitrogens with two attached hydrogens (primary N) is 1. The van der Waals surface area contributed by atoms with Crippen molar-refractivity contribution in [1.82, 2.24) is 34.8 Å². The van der Waals surface area contributed by atoms with Crippen LogP contribution in [-0.2, 0) is 12.0 Å². The van der Waals surface area contributed by atoms with Crippen LogP contribution in [0.4, 0.5) is 5.95 Å². The Balaban J connectivity index is 1.22. The second-order valence-corrected chi connectivity index (χ2v) is 9.85. The van der Waals surface area contributed by atoms with E-state index in [0.29, 0.717) is 11.8 Å². The second kappa shape index (κ2) is 8.88. The summed E-state index contributed by atoms with van der Waals surface area (Å²) in [5.74, 6) is 2.01. The lowest BCUT2D eigenvalue weighted by molar-refractivity contribution is 0.316. The number of anilines is 1. The first-order chi connectivity index (χ1) is 17.1. The summed E-state index contributed by atoms with van der Waals surface area (Å²) in [7, 11) is 0. The molecule has 1 atom stereocenters. The monoisotopic (exact) mass is 470 g/mol. The molecule has 0 bridgehead atoms. The topological polar surface area (TPSA) is 112 Å². The fraction of sp³-hybridized carbons (Fsp3) is 0.423. The Morgan fingerprint density at radius 2 is 1.71 bits per heavy atom. The van der Waals surface area contributed by atoms with Crippen molar-refractivity contribution in [2.45, 2.75) is 44.6 Å². The van der Waals surface area contributed by atoms with E-state index in [9.17, 15) is 0 Å². The first kappa shape index (κ1) is 21.9. The molecule has 4 heterocycles. The minimum absolute atomic E-state index is 0.275.